The van der Waals surface area contributed by atoms with Gasteiger partial charge in [0.2, 0.25) is 0 Å². The molecule has 3 N–H and O–H groups in total. The van der Waals surface area contributed by atoms with Crippen molar-refractivity contribution in [1.29, 1.82) is 0 Å². The molecule has 0 heterocycles. The number of aliphatic hydroxyl groups excluding tert-OH is 2. The van der Waals surface area contributed by atoms with E-state index in [9.17, 15) is 0 Å². The van der Waals surface area contributed by atoms with Crippen LogP contribution in [-0.4, -0.2) is 61.1 Å². The van der Waals surface area contributed by atoms with Crippen LogP contribution in [-0.2, 0) is 0 Å². The smallest absolute Gasteiger partial charge is 0.0558 e. The van der Waals surface area contributed by atoms with E-state index < -0.39 is 0 Å². The van der Waals surface area contributed by atoms with Crippen LogP contribution in [0.3, 0.4) is 0 Å². The van der Waals surface area contributed by atoms with E-state index in [2.05, 4.69) is 24.1 Å². The Bertz CT molecular complexity index is 220. The van der Waals surface area contributed by atoms with Crippen LogP contribution < -0.4 is 5.32 Å². The van der Waals surface area contributed by atoms with E-state index in [0.717, 1.165) is 12.5 Å². The lowest BCUT2D eigenvalue weighted by molar-refractivity contribution is 0.0831. The maximum absolute atomic E-state index is 9.08. The van der Waals surface area contributed by atoms with Gasteiger partial charge < -0.3 is 15.5 Å². The summed E-state index contributed by atoms with van der Waals surface area (Å²) in [6, 6.07) is 0.559. The second-order valence-corrected chi connectivity index (χ2v) is 5.86. The van der Waals surface area contributed by atoms with Crippen LogP contribution in [0.1, 0.15) is 26.7 Å². The van der Waals surface area contributed by atoms with E-state index in [1.54, 1.807) is 0 Å². The number of nitrogens with one attached hydrogen (secondary N) is 1. The number of rotatable bonds is 7. The van der Waals surface area contributed by atoms with Gasteiger partial charge in [-0.05, 0) is 37.6 Å². The molecule has 1 saturated carbocycles. The van der Waals surface area contributed by atoms with Crippen LogP contribution >= 0.6 is 0 Å². The lowest BCUT2D eigenvalue weighted by Crippen LogP contribution is -2.48. The highest BCUT2D eigenvalue weighted by molar-refractivity contribution is 4.88. The third-order valence-corrected chi connectivity index (χ3v) is 4.35. The Morgan fingerprint density at radius 1 is 1.11 bits per heavy atom. The Labute approximate surface area is 111 Å². The minimum Gasteiger partial charge on any atom is -0.395 e. The molecule has 1 fully saturated rings. The molecule has 0 saturated heterocycles. The fourth-order valence-electron chi connectivity index (χ4n) is 3.43. The summed E-state index contributed by atoms with van der Waals surface area (Å²) in [5, 5.41) is 21.6. The number of aliphatic hydroxyl groups is 2. The van der Waals surface area contributed by atoms with Crippen LogP contribution in [0.25, 0.3) is 0 Å². The highest BCUT2D eigenvalue weighted by atomic mass is 16.3. The molecule has 0 amide bonds. The van der Waals surface area contributed by atoms with Gasteiger partial charge >= 0.3 is 0 Å². The first-order chi connectivity index (χ1) is 8.62. The summed E-state index contributed by atoms with van der Waals surface area (Å²) in [6.45, 7) is 7.30. The first-order valence-electron chi connectivity index (χ1n) is 7.23. The van der Waals surface area contributed by atoms with Gasteiger partial charge in [0, 0.05) is 25.7 Å². The third-order valence-electron chi connectivity index (χ3n) is 4.35. The predicted octanol–water partition coefficient (Wildman–Crippen LogP) is 0.543. The lowest BCUT2D eigenvalue weighted by atomic mass is 9.72. The van der Waals surface area contributed by atoms with Gasteiger partial charge in [-0.1, -0.05) is 13.8 Å². The van der Waals surface area contributed by atoms with Gasteiger partial charge in [-0.15, -0.1) is 0 Å². The van der Waals surface area contributed by atoms with Crippen molar-refractivity contribution in [2.75, 3.05) is 39.9 Å². The summed E-state index contributed by atoms with van der Waals surface area (Å²) in [4.78, 5) is 2.18. The fourth-order valence-corrected chi connectivity index (χ4v) is 3.43. The summed E-state index contributed by atoms with van der Waals surface area (Å²) in [6.07, 6.45) is 2.52. The number of hydrogen-bond acceptors (Lipinski definition) is 4. The van der Waals surface area contributed by atoms with E-state index in [-0.39, 0.29) is 13.2 Å². The van der Waals surface area contributed by atoms with E-state index in [1.165, 1.54) is 12.8 Å². The monoisotopic (exact) mass is 258 g/mol. The third kappa shape index (κ3) is 4.50. The van der Waals surface area contributed by atoms with Crippen LogP contribution in [0.15, 0.2) is 0 Å². The lowest BCUT2D eigenvalue weighted by Gasteiger charge is -2.42. The normalized spacial score (nSPS) is 33.0. The molecule has 1 aliphatic carbocycles. The molecule has 0 aromatic heterocycles. The first-order valence-corrected chi connectivity index (χ1v) is 7.23. The van der Waals surface area contributed by atoms with Gasteiger partial charge in [-0.25, -0.2) is 0 Å². The average Bonchev–Trinajstić information content (AvgIpc) is 2.32. The van der Waals surface area contributed by atoms with E-state index in [0.29, 0.717) is 31.0 Å². The van der Waals surface area contributed by atoms with E-state index in [1.807, 2.05) is 7.05 Å². The molecule has 4 nitrogen and oxygen atoms in total. The van der Waals surface area contributed by atoms with Gasteiger partial charge in [0.15, 0.2) is 0 Å². The highest BCUT2D eigenvalue weighted by Crippen LogP contribution is 2.34. The van der Waals surface area contributed by atoms with Crippen molar-refractivity contribution in [2.24, 2.45) is 17.8 Å². The molecule has 0 aromatic carbocycles. The maximum atomic E-state index is 9.08. The standard InChI is InChI=1S/C14H30N2O2/c1-11-8-12(2)13(14(9-11)15-3)10-16(4-6-17)5-7-18/h11-15,17-18H,4-10H2,1-3H3. The van der Waals surface area contributed by atoms with Gasteiger partial charge in [0.1, 0.15) is 0 Å². The van der Waals surface area contributed by atoms with Crippen molar-refractivity contribution in [3.05, 3.63) is 0 Å². The maximum Gasteiger partial charge on any atom is 0.0558 e. The zero-order valence-corrected chi connectivity index (χ0v) is 12.1. The summed E-state index contributed by atoms with van der Waals surface area (Å²) in [5.74, 6) is 2.10. The molecule has 18 heavy (non-hydrogen) atoms. The molecule has 1 aliphatic rings. The van der Waals surface area contributed by atoms with Gasteiger partial charge in [0.05, 0.1) is 13.2 Å². The molecule has 0 bridgehead atoms. The Kier molecular flexibility index (Phi) is 7.15. The van der Waals surface area contributed by atoms with Crippen LogP contribution in [0.5, 0.6) is 0 Å². The molecule has 4 heteroatoms. The summed E-state index contributed by atoms with van der Waals surface area (Å²) >= 11 is 0. The van der Waals surface area contributed by atoms with Crippen molar-refractivity contribution in [2.45, 2.75) is 32.7 Å². The summed E-state index contributed by atoms with van der Waals surface area (Å²) in [7, 11) is 2.05. The molecular weight excluding hydrogens is 228 g/mol. The number of nitrogens with zero attached hydrogens (tertiary/aromatic N) is 1. The van der Waals surface area contributed by atoms with Gasteiger partial charge in [-0.3, -0.25) is 4.90 Å². The fraction of sp³-hybridized carbons (Fsp3) is 1.00. The topological polar surface area (TPSA) is 55.7 Å². The molecule has 4 unspecified atom stereocenters. The van der Waals surface area contributed by atoms with Crippen molar-refractivity contribution < 1.29 is 10.2 Å². The molecule has 0 spiro atoms. The summed E-state index contributed by atoms with van der Waals surface area (Å²) in [5.41, 5.74) is 0. The summed E-state index contributed by atoms with van der Waals surface area (Å²) < 4.78 is 0. The Hall–Kier alpha value is -0.160. The average molecular weight is 258 g/mol. The zero-order valence-electron chi connectivity index (χ0n) is 12.1. The first kappa shape index (κ1) is 15.9. The largest absolute Gasteiger partial charge is 0.395 e. The second-order valence-electron chi connectivity index (χ2n) is 5.86. The van der Waals surface area contributed by atoms with Crippen LogP contribution in [0, 0.1) is 17.8 Å². The quantitative estimate of drug-likeness (QED) is 0.624. The minimum atomic E-state index is 0.168. The van der Waals surface area contributed by atoms with Crippen molar-refractivity contribution in [3.8, 4) is 0 Å². The van der Waals surface area contributed by atoms with Crippen LogP contribution in [0.4, 0.5) is 0 Å². The minimum absolute atomic E-state index is 0.168. The van der Waals surface area contributed by atoms with Crippen LogP contribution in [0.2, 0.25) is 0 Å². The van der Waals surface area contributed by atoms with Gasteiger partial charge in [0.25, 0.3) is 0 Å². The number of hydrogen-bond donors (Lipinski definition) is 3. The second kappa shape index (κ2) is 8.10. The molecular formula is C14H30N2O2. The van der Waals surface area contributed by atoms with Gasteiger partial charge in [-0.2, -0.15) is 0 Å². The van der Waals surface area contributed by atoms with E-state index in [4.69, 9.17) is 10.2 Å². The van der Waals surface area contributed by atoms with Crippen molar-refractivity contribution in [1.82, 2.24) is 10.2 Å². The molecule has 108 valence electrons. The SMILES string of the molecule is CNC1CC(C)CC(C)C1CN(CCO)CCO. The van der Waals surface area contributed by atoms with E-state index >= 15 is 0 Å². The molecule has 0 aliphatic heterocycles. The Morgan fingerprint density at radius 3 is 2.22 bits per heavy atom. The van der Waals surface area contributed by atoms with Crippen molar-refractivity contribution in [3.63, 3.8) is 0 Å². The zero-order chi connectivity index (χ0) is 13.5. The highest BCUT2D eigenvalue weighted by Gasteiger charge is 2.33. The molecule has 4 atom stereocenters. The Balaban J connectivity index is 2.59. The predicted molar refractivity (Wildman–Crippen MR) is 74.5 cm³/mol. The Morgan fingerprint density at radius 2 is 1.72 bits per heavy atom. The molecule has 1 rings (SSSR count). The molecule has 0 radical (unpaired) electrons. The van der Waals surface area contributed by atoms with Crippen molar-refractivity contribution >= 4 is 0 Å². The molecule has 0 aromatic rings.